The number of ether oxygens (including phenoxy) is 1. The Bertz CT molecular complexity index is 662. The molecule has 0 unspecified atom stereocenters. The molecule has 22 heavy (non-hydrogen) atoms. The van der Waals surface area contributed by atoms with Crippen LogP contribution in [-0.2, 0) is 6.42 Å². The maximum Gasteiger partial charge on any atom is 0.259 e. The minimum atomic E-state index is -0.139. The number of amides is 1. The zero-order valence-corrected chi connectivity index (χ0v) is 13.6. The Morgan fingerprint density at radius 3 is 2.55 bits per heavy atom. The van der Waals surface area contributed by atoms with Gasteiger partial charge in [-0.25, -0.2) is 0 Å². The molecular formula is C19H23NO2. The second-order valence-electron chi connectivity index (χ2n) is 5.58. The number of carbonyl (C=O) groups excluding carboxylic acids is 1. The van der Waals surface area contributed by atoms with E-state index in [0.29, 0.717) is 11.3 Å². The van der Waals surface area contributed by atoms with E-state index in [9.17, 15) is 4.79 Å². The average Bonchev–Trinajstić information content (AvgIpc) is 2.49. The quantitative estimate of drug-likeness (QED) is 0.876. The van der Waals surface area contributed by atoms with Gasteiger partial charge in [0.25, 0.3) is 5.91 Å². The number of carbonyl (C=O) groups is 1. The summed E-state index contributed by atoms with van der Waals surface area (Å²) in [5.41, 5.74) is 3.65. The number of anilines is 1. The fourth-order valence-electron chi connectivity index (χ4n) is 2.39. The zero-order valence-electron chi connectivity index (χ0n) is 13.6. The molecule has 0 aromatic heterocycles. The van der Waals surface area contributed by atoms with E-state index in [0.717, 1.165) is 23.2 Å². The Morgan fingerprint density at radius 1 is 1.14 bits per heavy atom. The van der Waals surface area contributed by atoms with Gasteiger partial charge in [0.2, 0.25) is 0 Å². The van der Waals surface area contributed by atoms with Gasteiger partial charge in [-0.05, 0) is 50.5 Å². The molecule has 2 aromatic carbocycles. The van der Waals surface area contributed by atoms with Crippen LogP contribution in [-0.4, -0.2) is 12.0 Å². The molecule has 0 saturated heterocycles. The SMILES string of the molecule is CCc1cccc(C)c1NC(=O)c1ccccc1OC(C)C. The van der Waals surface area contributed by atoms with Crippen LogP contribution < -0.4 is 10.1 Å². The lowest BCUT2D eigenvalue weighted by atomic mass is 10.1. The molecule has 0 fully saturated rings. The van der Waals surface area contributed by atoms with Crippen LogP contribution in [0, 0.1) is 6.92 Å². The first-order chi connectivity index (χ1) is 10.5. The molecule has 0 saturated carbocycles. The van der Waals surface area contributed by atoms with E-state index in [2.05, 4.69) is 12.2 Å². The molecule has 2 rings (SSSR count). The molecule has 2 aromatic rings. The third-order valence-corrected chi connectivity index (χ3v) is 3.47. The summed E-state index contributed by atoms with van der Waals surface area (Å²) in [7, 11) is 0. The highest BCUT2D eigenvalue weighted by atomic mass is 16.5. The maximum absolute atomic E-state index is 12.6. The Labute approximate surface area is 132 Å². The number of hydrogen-bond acceptors (Lipinski definition) is 2. The standard InChI is InChI=1S/C19H23NO2/c1-5-15-10-8-9-14(4)18(15)20-19(21)16-11-6-7-12-17(16)22-13(2)3/h6-13H,5H2,1-4H3,(H,20,21). The van der Waals surface area contributed by atoms with Crippen LogP contribution in [0.4, 0.5) is 5.69 Å². The Morgan fingerprint density at radius 2 is 1.86 bits per heavy atom. The fourth-order valence-corrected chi connectivity index (χ4v) is 2.39. The summed E-state index contributed by atoms with van der Waals surface area (Å²) in [6.45, 7) is 7.99. The van der Waals surface area contributed by atoms with E-state index < -0.39 is 0 Å². The van der Waals surface area contributed by atoms with Crippen molar-refractivity contribution in [2.45, 2.75) is 40.2 Å². The molecule has 116 valence electrons. The van der Waals surface area contributed by atoms with E-state index in [-0.39, 0.29) is 12.0 Å². The highest BCUT2D eigenvalue weighted by molar-refractivity contribution is 6.06. The summed E-state index contributed by atoms with van der Waals surface area (Å²) >= 11 is 0. The summed E-state index contributed by atoms with van der Waals surface area (Å²) in [6, 6.07) is 13.4. The molecule has 0 aliphatic rings. The first-order valence-corrected chi connectivity index (χ1v) is 7.68. The molecule has 1 amide bonds. The smallest absolute Gasteiger partial charge is 0.259 e. The highest BCUT2D eigenvalue weighted by Gasteiger charge is 2.15. The lowest BCUT2D eigenvalue weighted by Gasteiger charge is -2.16. The summed E-state index contributed by atoms with van der Waals surface area (Å²) in [6.07, 6.45) is 0.903. The van der Waals surface area contributed by atoms with Crippen molar-refractivity contribution in [3.8, 4) is 5.75 Å². The van der Waals surface area contributed by atoms with Gasteiger partial charge in [0, 0.05) is 5.69 Å². The van der Waals surface area contributed by atoms with Crippen LogP contribution >= 0.6 is 0 Å². The topological polar surface area (TPSA) is 38.3 Å². The van der Waals surface area contributed by atoms with Crippen LogP contribution in [0.2, 0.25) is 0 Å². The first kappa shape index (κ1) is 16.1. The van der Waals surface area contributed by atoms with E-state index in [4.69, 9.17) is 4.74 Å². The van der Waals surface area contributed by atoms with Crippen molar-refractivity contribution in [2.24, 2.45) is 0 Å². The van der Waals surface area contributed by atoms with Crippen LogP contribution in [0.15, 0.2) is 42.5 Å². The van der Waals surface area contributed by atoms with Crippen LogP contribution in [0.3, 0.4) is 0 Å². The molecule has 0 atom stereocenters. The van der Waals surface area contributed by atoms with Gasteiger partial charge in [0.1, 0.15) is 5.75 Å². The third kappa shape index (κ3) is 3.67. The van der Waals surface area contributed by atoms with Crippen molar-refractivity contribution in [2.75, 3.05) is 5.32 Å². The van der Waals surface area contributed by atoms with Gasteiger partial charge in [0.05, 0.1) is 11.7 Å². The van der Waals surface area contributed by atoms with Gasteiger partial charge >= 0.3 is 0 Å². The van der Waals surface area contributed by atoms with Crippen molar-refractivity contribution in [1.82, 2.24) is 0 Å². The molecule has 3 nitrogen and oxygen atoms in total. The van der Waals surface area contributed by atoms with Crippen LogP contribution in [0.1, 0.15) is 42.3 Å². The van der Waals surface area contributed by atoms with Gasteiger partial charge in [0.15, 0.2) is 0 Å². The van der Waals surface area contributed by atoms with Crippen molar-refractivity contribution in [3.05, 3.63) is 59.2 Å². The molecule has 0 heterocycles. The predicted octanol–water partition coefficient (Wildman–Crippen LogP) is 4.60. The largest absolute Gasteiger partial charge is 0.490 e. The van der Waals surface area contributed by atoms with E-state index in [1.807, 2.05) is 57.2 Å². The first-order valence-electron chi connectivity index (χ1n) is 7.68. The zero-order chi connectivity index (χ0) is 16.1. The summed E-state index contributed by atoms with van der Waals surface area (Å²) in [5.74, 6) is 0.474. The highest BCUT2D eigenvalue weighted by Crippen LogP contribution is 2.25. The predicted molar refractivity (Wildman–Crippen MR) is 90.7 cm³/mol. The second kappa shape index (κ2) is 7.12. The number of aryl methyl sites for hydroxylation is 2. The summed E-state index contributed by atoms with van der Waals surface area (Å²) in [4.78, 5) is 12.6. The Hall–Kier alpha value is -2.29. The fraction of sp³-hybridized carbons (Fsp3) is 0.316. The van der Waals surface area contributed by atoms with E-state index in [1.54, 1.807) is 6.07 Å². The molecule has 0 aliphatic heterocycles. The third-order valence-electron chi connectivity index (χ3n) is 3.47. The molecule has 0 radical (unpaired) electrons. The summed E-state index contributed by atoms with van der Waals surface area (Å²) < 4.78 is 5.73. The van der Waals surface area contributed by atoms with E-state index >= 15 is 0 Å². The van der Waals surface area contributed by atoms with Gasteiger partial charge in [-0.1, -0.05) is 37.3 Å². The minimum absolute atomic E-state index is 0.0265. The molecule has 3 heteroatoms. The van der Waals surface area contributed by atoms with Gasteiger partial charge in [-0.15, -0.1) is 0 Å². The van der Waals surface area contributed by atoms with Gasteiger partial charge in [-0.2, -0.15) is 0 Å². The molecule has 0 spiro atoms. The normalized spacial score (nSPS) is 10.6. The number of benzene rings is 2. The number of rotatable bonds is 5. The minimum Gasteiger partial charge on any atom is -0.490 e. The summed E-state index contributed by atoms with van der Waals surface area (Å²) in [5, 5.41) is 3.04. The lowest BCUT2D eigenvalue weighted by molar-refractivity contribution is 0.102. The molecular weight excluding hydrogens is 274 g/mol. The number of hydrogen-bond donors (Lipinski definition) is 1. The van der Waals surface area contributed by atoms with Gasteiger partial charge < -0.3 is 10.1 Å². The monoisotopic (exact) mass is 297 g/mol. The number of nitrogens with one attached hydrogen (secondary N) is 1. The van der Waals surface area contributed by atoms with Crippen molar-refractivity contribution in [1.29, 1.82) is 0 Å². The lowest BCUT2D eigenvalue weighted by Crippen LogP contribution is -2.17. The van der Waals surface area contributed by atoms with Crippen molar-refractivity contribution >= 4 is 11.6 Å². The van der Waals surface area contributed by atoms with Crippen LogP contribution in [0.5, 0.6) is 5.75 Å². The molecule has 0 aliphatic carbocycles. The van der Waals surface area contributed by atoms with E-state index in [1.165, 1.54) is 0 Å². The maximum atomic E-state index is 12.6. The average molecular weight is 297 g/mol. The van der Waals surface area contributed by atoms with Crippen LogP contribution in [0.25, 0.3) is 0 Å². The number of para-hydroxylation sites is 2. The van der Waals surface area contributed by atoms with Gasteiger partial charge in [-0.3, -0.25) is 4.79 Å². The van der Waals surface area contributed by atoms with Crippen molar-refractivity contribution < 1.29 is 9.53 Å². The Kier molecular flexibility index (Phi) is 5.21. The Balaban J connectivity index is 2.31. The molecule has 0 bridgehead atoms. The second-order valence-corrected chi connectivity index (χ2v) is 5.58. The van der Waals surface area contributed by atoms with Crippen molar-refractivity contribution in [3.63, 3.8) is 0 Å². The molecule has 1 N–H and O–H groups in total.